The van der Waals surface area contributed by atoms with Crippen molar-refractivity contribution in [1.29, 1.82) is 10.5 Å². The van der Waals surface area contributed by atoms with E-state index < -0.39 is 5.92 Å². The standard InChI is InChI=1S/C15H9FN2/c16-13-7-5-11(6-8-13)15(10-18)14-4-2-1-3-12(14)9-17/h1-8,15H. The van der Waals surface area contributed by atoms with Crippen LogP contribution in [0.4, 0.5) is 4.39 Å². The Labute approximate surface area is 105 Å². The van der Waals surface area contributed by atoms with Crippen LogP contribution in [0.1, 0.15) is 22.6 Å². The zero-order valence-electron chi connectivity index (χ0n) is 9.47. The van der Waals surface area contributed by atoms with Crippen molar-refractivity contribution in [1.82, 2.24) is 0 Å². The van der Waals surface area contributed by atoms with Crippen molar-refractivity contribution in [3.05, 3.63) is 71.0 Å². The van der Waals surface area contributed by atoms with Gasteiger partial charge in [-0.3, -0.25) is 0 Å². The lowest BCUT2D eigenvalue weighted by Gasteiger charge is -2.11. The number of rotatable bonds is 2. The van der Waals surface area contributed by atoms with Gasteiger partial charge in [-0.1, -0.05) is 30.3 Å². The molecule has 2 rings (SSSR count). The van der Waals surface area contributed by atoms with E-state index in [9.17, 15) is 9.65 Å². The summed E-state index contributed by atoms with van der Waals surface area (Å²) < 4.78 is 12.9. The van der Waals surface area contributed by atoms with Crippen LogP contribution in [0, 0.1) is 28.5 Å². The van der Waals surface area contributed by atoms with Gasteiger partial charge in [-0.2, -0.15) is 10.5 Å². The molecule has 0 aliphatic rings. The Bertz CT molecular complexity index is 633. The van der Waals surface area contributed by atoms with Gasteiger partial charge in [0.15, 0.2) is 0 Å². The maximum Gasteiger partial charge on any atom is 0.123 e. The summed E-state index contributed by atoms with van der Waals surface area (Å²) in [7, 11) is 0. The molecule has 0 aromatic heterocycles. The molecule has 0 radical (unpaired) electrons. The van der Waals surface area contributed by atoms with Gasteiger partial charge in [-0.15, -0.1) is 0 Å². The Morgan fingerprint density at radius 3 is 2.22 bits per heavy atom. The first-order valence-electron chi connectivity index (χ1n) is 5.40. The molecular weight excluding hydrogens is 227 g/mol. The largest absolute Gasteiger partial charge is 0.207 e. The van der Waals surface area contributed by atoms with Crippen molar-refractivity contribution in [2.24, 2.45) is 0 Å². The SMILES string of the molecule is N#Cc1ccccc1C(C#N)c1ccc(F)cc1. The highest BCUT2D eigenvalue weighted by molar-refractivity contribution is 5.47. The van der Waals surface area contributed by atoms with E-state index in [1.807, 2.05) is 0 Å². The minimum Gasteiger partial charge on any atom is -0.207 e. The van der Waals surface area contributed by atoms with Crippen molar-refractivity contribution in [3.8, 4) is 12.1 Å². The summed E-state index contributed by atoms with van der Waals surface area (Å²) in [5.74, 6) is -0.898. The van der Waals surface area contributed by atoms with E-state index in [-0.39, 0.29) is 5.82 Å². The predicted molar refractivity (Wildman–Crippen MR) is 65.0 cm³/mol. The molecule has 0 saturated carbocycles. The first-order chi connectivity index (χ1) is 8.76. The molecule has 0 bridgehead atoms. The summed E-state index contributed by atoms with van der Waals surface area (Å²) in [5, 5.41) is 18.3. The van der Waals surface area contributed by atoms with Gasteiger partial charge in [0.2, 0.25) is 0 Å². The van der Waals surface area contributed by atoms with E-state index in [1.165, 1.54) is 12.1 Å². The van der Waals surface area contributed by atoms with Crippen LogP contribution in [-0.4, -0.2) is 0 Å². The summed E-state index contributed by atoms with van der Waals surface area (Å²) >= 11 is 0. The fraction of sp³-hybridized carbons (Fsp3) is 0.0667. The molecule has 3 heteroatoms. The third kappa shape index (κ3) is 2.21. The number of hydrogen-bond acceptors (Lipinski definition) is 2. The van der Waals surface area contributed by atoms with Gasteiger partial charge in [0.1, 0.15) is 5.82 Å². The number of halogens is 1. The third-order valence-electron chi connectivity index (χ3n) is 2.72. The lowest BCUT2D eigenvalue weighted by atomic mass is 9.89. The molecule has 0 N–H and O–H groups in total. The molecule has 0 aliphatic carbocycles. The van der Waals surface area contributed by atoms with Crippen LogP contribution in [0.15, 0.2) is 48.5 Å². The Morgan fingerprint density at radius 2 is 1.61 bits per heavy atom. The Hall–Kier alpha value is -2.65. The quantitative estimate of drug-likeness (QED) is 0.802. The topological polar surface area (TPSA) is 47.6 Å². The van der Waals surface area contributed by atoms with E-state index in [0.717, 1.165) is 0 Å². The average molecular weight is 236 g/mol. The van der Waals surface area contributed by atoms with Gasteiger partial charge >= 0.3 is 0 Å². The highest BCUT2D eigenvalue weighted by atomic mass is 19.1. The fourth-order valence-corrected chi connectivity index (χ4v) is 1.83. The Balaban J connectivity index is 2.50. The van der Waals surface area contributed by atoms with Gasteiger partial charge in [0.25, 0.3) is 0 Å². The van der Waals surface area contributed by atoms with Crippen LogP contribution in [0.3, 0.4) is 0 Å². The van der Waals surface area contributed by atoms with Crippen LogP contribution in [0.25, 0.3) is 0 Å². The molecule has 2 nitrogen and oxygen atoms in total. The first-order valence-corrected chi connectivity index (χ1v) is 5.40. The smallest absolute Gasteiger partial charge is 0.123 e. The van der Waals surface area contributed by atoms with Crippen molar-refractivity contribution >= 4 is 0 Å². The second kappa shape index (κ2) is 5.12. The van der Waals surface area contributed by atoms with Gasteiger partial charge in [0, 0.05) is 0 Å². The molecule has 0 heterocycles. The summed E-state index contributed by atoms with van der Waals surface area (Å²) in [4.78, 5) is 0. The molecule has 0 aliphatic heterocycles. The molecule has 0 fully saturated rings. The molecule has 0 spiro atoms. The molecule has 86 valence electrons. The fourth-order valence-electron chi connectivity index (χ4n) is 1.83. The second-order valence-corrected chi connectivity index (χ2v) is 3.81. The maximum atomic E-state index is 12.9. The van der Waals surface area contributed by atoms with Crippen LogP contribution >= 0.6 is 0 Å². The van der Waals surface area contributed by atoms with Gasteiger partial charge in [-0.25, -0.2) is 4.39 Å². The predicted octanol–water partition coefficient (Wildman–Crippen LogP) is 3.35. The van der Waals surface area contributed by atoms with E-state index in [2.05, 4.69) is 12.1 Å². The summed E-state index contributed by atoms with van der Waals surface area (Å²) in [6.07, 6.45) is 0. The number of nitrogens with zero attached hydrogens (tertiary/aromatic N) is 2. The molecule has 18 heavy (non-hydrogen) atoms. The monoisotopic (exact) mass is 236 g/mol. The van der Waals surface area contributed by atoms with Crippen LogP contribution < -0.4 is 0 Å². The molecular formula is C15H9FN2. The van der Waals surface area contributed by atoms with E-state index >= 15 is 0 Å². The van der Waals surface area contributed by atoms with Crippen molar-refractivity contribution in [2.75, 3.05) is 0 Å². The first kappa shape index (κ1) is 11.8. The zero-order chi connectivity index (χ0) is 13.0. The zero-order valence-corrected chi connectivity index (χ0v) is 9.47. The molecule has 2 aromatic carbocycles. The Kier molecular flexibility index (Phi) is 3.36. The van der Waals surface area contributed by atoms with Crippen molar-refractivity contribution in [2.45, 2.75) is 5.92 Å². The average Bonchev–Trinajstić information content (AvgIpc) is 2.42. The minimum absolute atomic E-state index is 0.344. The summed E-state index contributed by atoms with van der Waals surface area (Å²) in [6.45, 7) is 0. The molecule has 1 atom stereocenters. The van der Waals surface area contributed by atoms with Crippen LogP contribution in [-0.2, 0) is 0 Å². The third-order valence-corrected chi connectivity index (χ3v) is 2.72. The van der Waals surface area contributed by atoms with E-state index in [0.29, 0.717) is 16.7 Å². The molecule has 1 unspecified atom stereocenters. The van der Waals surface area contributed by atoms with Gasteiger partial charge in [-0.05, 0) is 29.3 Å². The summed E-state index contributed by atoms with van der Waals surface area (Å²) in [6, 6.07) is 16.9. The molecule has 2 aromatic rings. The minimum atomic E-state index is -0.554. The number of nitriles is 2. The van der Waals surface area contributed by atoms with Gasteiger partial charge < -0.3 is 0 Å². The summed E-state index contributed by atoms with van der Waals surface area (Å²) in [5.41, 5.74) is 1.80. The number of benzene rings is 2. The van der Waals surface area contributed by atoms with Crippen molar-refractivity contribution < 1.29 is 4.39 Å². The second-order valence-electron chi connectivity index (χ2n) is 3.81. The number of hydrogen-bond donors (Lipinski definition) is 0. The van der Waals surface area contributed by atoms with Crippen molar-refractivity contribution in [3.63, 3.8) is 0 Å². The van der Waals surface area contributed by atoms with Crippen LogP contribution in [0.5, 0.6) is 0 Å². The lowest BCUT2D eigenvalue weighted by Crippen LogP contribution is -2.01. The highest BCUT2D eigenvalue weighted by Gasteiger charge is 2.16. The van der Waals surface area contributed by atoms with E-state index in [4.69, 9.17) is 5.26 Å². The van der Waals surface area contributed by atoms with Gasteiger partial charge in [0.05, 0.1) is 23.6 Å². The lowest BCUT2D eigenvalue weighted by molar-refractivity contribution is 0.627. The molecule has 0 saturated heterocycles. The normalized spacial score (nSPS) is 11.3. The van der Waals surface area contributed by atoms with E-state index in [1.54, 1.807) is 36.4 Å². The maximum absolute atomic E-state index is 12.9. The molecule has 0 amide bonds. The highest BCUT2D eigenvalue weighted by Crippen LogP contribution is 2.26. The Morgan fingerprint density at radius 1 is 0.944 bits per heavy atom. The van der Waals surface area contributed by atoms with Crippen LogP contribution in [0.2, 0.25) is 0 Å².